The molecule has 0 fully saturated rings. The Balaban J connectivity index is 2.35. The number of aryl methyl sites for hydroxylation is 1. The van der Waals surface area contributed by atoms with Gasteiger partial charge >= 0.3 is 0 Å². The Morgan fingerprint density at radius 2 is 2.24 bits per heavy atom. The maximum atomic E-state index is 13.6. The summed E-state index contributed by atoms with van der Waals surface area (Å²) < 4.78 is 18.7. The van der Waals surface area contributed by atoms with Crippen LogP contribution in [-0.4, -0.2) is 9.78 Å². The maximum Gasteiger partial charge on any atom is 0.187 e. The molecule has 1 aromatic carbocycles. The molecule has 17 heavy (non-hydrogen) atoms. The van der Waals surface area contributed by atoms with Crippen LogP contribution in [0.3, 0.4) is 0 Å². The van der Waals surface area contributed by atoms with Crippen LogP contribution >= 0.6 is 11.6 Å². The summed E-state index contributed by atoms with van der Waals surface area (Å²) in [6.45, 7) is 2.09. The van der Waals surface area contributed by atoms with Crippen LogP contribution in [0.4, 0.5) is 10.2 Å². The number of nitrogens with zero attached hydrogens (tertiary/aromatic N) is 3. The summed E-state index contributed by atoms with van der Waals surface area (Å²) in [5.74, 6) is 0.0946. The van der Waals surface area contributed by atoms with Crippen molar-refractivity contribution in [1.29, 1.82) is 0 Å². The number of rotatable bonds is 3. The van der Waals surface area contributed by atoms with Gasteiger partial charge in [0.05, 0.1) is 11.6 Å². The Bertz CT molecular complexity index is 568. The van der Waals surface area contributed by atoms with Crippen LogP contribution in [0.2, 0.25) is 5.02 Å². The normalized spacial score (nSPS) is 10.5. The van der Waals surface area contributed by atoms with Crippen LogP contribution in [0, 0.1) is 12.7 Å². The van der Waals surface area contributed by atoms with Gasteiger partial charge in [0.2, 0.25) is 0 Å². The third-order valence-electron chi connectivity index (χ3n) is 2.42. The van der Waals surface area contributed by atoms with Crippen LogP contribution in [0.1, 0.15) is 11.1 Å². The zero-order valence-corrected chi connectivity index (χ0v) is 10.6. The number of benzene rings is 1. The molecule has 0 N–H and O–H groups in total. The molecule has 2 aromatic rings. The molecule has 0 aliphatic heterocycles. The van der Waals surface area contributed by atoms with Crippen molar-refractivity contribution in [3.63, 3.8) is 0 Å². The van der Waals surface area contributed by atoms with E-state index < -0.39 is 0 Å². The van der Waals surface area contributed by atoms with Crippen molar-refractivity contribution in [3.05, 3.63) is 46.4 Å². The lowest BCUT2D eigenvalue weighted by molar-refractivity contribution is 0.585. The van der Waals surface area contributed by atoms with E-state index >= 15 is 0 Å². The van der Waals surface area contributed by atoms with E-state index in [1.165, 1.54) is 6.07 Å². The number of hydrogen-bond acceptors (Lipinski definition) is 3. The zero-order chi connectivity index (χ0) is 12.4. The average molecular weight is 270 g/mol. The second-order valence-electron chi connectivity index (χ2n) is 3.62. The highest BCUT2D eigenvalue weighted by Gasteiger charge is 2.10. The molecular formula is C11H9ClFN3S. The fourth-order valence-electron chi connectivity index (χ4n) is 1.51. The second kappa shape index (κ2) is 4.89. The molecule has 0 saturated heterocycles. The van der Waals surface area contributed by atoms with Crippen molar-refractivity contribution >= 4 is 29.8 Å². The molecular weight excluding hydrogens is 261 g/mol. The van der Waals surface area contributed by atoms with Crippen molar-refractivity contribution in [2.75, 3.05) is 0 Å². The molecule has 0 saturated carbocycles. The third-order valence-corrected chi connectivity index (χ3v) is 3.13. The Kier molecular flexibility index (Phi) is 3.49. The van der Waals surface area contributed by atoms with Crippen LogP contribution in [-0.2, 0) is 19.0 Å². The molecule has 0 aliphatic rings. The molecule has 0 bridgehead atoms. The van der Waals surface area contributed by atoms with E-state index in [-0.39, 0.29) is 12.4 Å². The molecule has 88 valence electrons. The summed E-state index contributed by atoms with van der Waals surface area (Å²) in [6, 6.07) is 4.71. The molecule has 0 radical (unpaired) electrons. The molecule has 0 aliphatic carbocycles. The minimum absolute atomic E-state index is 0.261. The second-order valence-corrected chi connectivity index (χ2v) is 4.18. The van der Waals surface area contributed by atoms with E-state index in [1.54, 1.807) is 23.0 Å². The first-order valence-electron chi connectivity index (χ1n) is 4.92. The van der Waals surface area contributed by atoms with Gasteiger partial charge in [0, 0.05) is 30.3 Å². The first-order chi connectivity index (χ1) is 8.11. The maximum absolute atomic E-state index is 13.6. The van der Waals surface area contributed by atoms with Gasteiger partial charge in [-0.2, -0.15) is 9.46 Å². The van der Waals surface area contributed by atoms with Gasteiger partial charge in [-0.3, -0.25) is 4.68 Å². The number of aromatic nitrogens is 2. The highest BCUT2D eigenvalue weighted by Crippen LogP contribution is 2.24. The smallest absolute Gasteiger partial charge is 0.187 e. The molecule has 1 heterocycles. The van der Waals surface area contributed by atoms with E-state index in [0.29, 0.717) is 16.4 Å². The Morgan fingerprint density at radius 3 is 2.88 bits per heavy atom. The predicted octanol–water partition coefficient (Wildman–Crippen LogP) is 3.39. The SMILES string of the molecule is Cc1ccc(F)c(Cn2ccc(N=S)n2)c1Cl. The largest absolute Gasteiger partial charge is 0.266 e. The lowest BCUT2D eigenvalue weighted by Gasteiger charge is -2.08. The van der Waals surface area contributed by atoms with Gasteiger partial charge in [0.1, 0.15) is 5.82 Å². The lowest BCUT2D eigenvalue weighted by atomic mass is 10.1. The van der Waals surface area contributed by atoms with E-state index in [2.05, 4.69) is 21.9 Å². The first-order valence-corrected chi connectivity index (χ1v) is 5.66. The van der Waals surface area contributed by atoms with Gasteiger partial charge in [-0.25, -0.2) is 4.39 Å². The Labute approximate surface area is 108 Å². The molecule has 2 rings (SSSR count). The van der Waals surface area contributed by atoms with E-state index in [4.69, 9.17) is 11.6 Å². The zero-order valence-electron chi connectivity index (χ0n) is 9.02. The quantitative estimate of drug-likeness (QED) is 0.855. The summed E-state index contributed by atoms with van der Waals surface area (Å²) in [6.07, 6.45) is 1.68. The predicted molar refractivity (Wildman–Crippen MR) is 66.9 cm³/mol. The van der Waals surface area contributed by atoms with Gasteiger partial charge in [0.25, 0.3) is 0 Å². The highest BCUT2D eigenvalue weighted by atomic mass is 35.5. The van der Waals surface area contributed by atoms with Crippen molar-refractivity contribution in [1.82, 2.24) is 9.78 Å². The van der Waals surface area contributed by atoms with Gasteiger partial charge < -0.3 is 0 Å². The van der Waals surface area contributed by atoms with Crippen molar-refractivity contribution < 1.29 is 4.39 Å². The number of halogens is 2. The summed E-state index contributed by atoms with van der Waals surface area (Å²) in [5.41, 5.74) is 1.26. The average Bonchev–Trinajstić information content (AvgIpc) is 2.77. The molecule has 0 spiro atoms. The summed E-state index contributed by atoms with van der Waals surface area (Å²) >= 11 is 10.6. The topological polar surface area (TPSA) is 30.2 Å². The molecule has 0 atom stereocenters. The molecule has 1 aromatic heterocycles. The van der Waals surface area contributed by atoms with Crippen LogP contribution in [0.5, 0.6) is 0 Å². The Morgan fingerprint density at radius 1 is 1.47 bits per heavy atom. The number of hydrogen-bond donors (Lipinski definition) is 0. The van der Waals surface area contributed by atoms with E-state index in [9.17, 15) is 4.39 Å². The standard InChI is InChI=1S/C11H9ClFN3S/c1-7-2-3-9(13)8(11(7)12)6-16-5-4-10(14-16)15-17/h2-5H,6H2,1H3. The van der Waals surface area contributed by atoms with Crippen LogP contribution in [0.15, 0.2) is 28.8 Å². The molecule has 3 nitrogen and oxygen atoms in total. The van der Waals surface area contributed by atoms with Gasteiger partial charge in [-0.15, -0.1) is 0 Å². The summed E-state index contributed by atoms with van der Waals surface area (Å²) in [7, 11) is 0. The molecule has 0 amide bonds. The van der Waals surface area contributed by atoms with Crippen molar-refractivity contribution in [3.8, 4) is 0 Å². The molecule has 0 unspecified atom stereocenters. The Hall–Kier alpha value is -1.33. The summed E-state index contributed by atoms with van der Waals surface area (Å²) in [5, 5.41) is 4.48. The minimum atomic E-state index is -0.340. The van der Waals surface area contributed by atoms with Crippen molar-refractivity contribution in [2.24, 2.45) is 4.36 Å². The fraction of sp³-hybridized carbons (Fsp3) is 0.182. The van der Waals surface area contributed by atoms with E-state index in [0.717, 1.165) is 5.56 Å². The first kappa shape index (κ1) is 12.1. The molecule has 6 heteroatoms. The van der Waals surface area contributed by atoms with Gasteiger partial charge in [-0.05, 0) is 18.6 Å². The summed E-state index contributed by atoms with van der Waals surface area (Å²) in [4.78, 5) is 0. The monoisotopic (exact) mass is 269 g/mol. The van der Waals surface area contributed by atoms with Crippen molar-refractivity contribution in [2.45, 2.75) is 13.5 Å². The van der Waals surface area contributed by atoms with Gasteiger partial charge in [0.15, 0.2) is 5.82 Å². The minimum Gasteiger partial charge on any atom is -0.266 e. The van der Waals surface area contributed by atoms with Gasteiger partial charge in [-0.1, -0.05) is 17.7 Å². The van der Waals surface area contributed by atoms with Crippen LogP contribution < -0.4 is 0 Å². The third kappa shape index (κ3) is 2.50. The van der Waals surface area contributed by atoms with Crippen LogP contribution in [0.25, 0.3) is 0 Å². The highest BCUT2D eigenvalue weighted by molar-refractivity contribution is 7.47. The lowest BCUT2D eigenvalue weighted by Crippen LogP contribution is -2.04. The fourth-order valence-corrected chi connectivity index (χ4v) is 1.82. The van der Waals surface area contributed by atoms with E-state index in [1.807, 2.05) is 6.92 Å².